The maximum atomic E-state index is 13.0. The first-order valence-corrected chi connectivity index (χ1v) is 25.2. The summed E-state index contributed by atoms with van der Waals surface area (Å²) < 4.78 is 24.0. The van der Waals surface area contributed by atoms with E-state index in [9.17, 15) is 9.90 Å². The highest BCUT2D eigenvalue weighted by molar-refractivity contribution is 5.67. The SMILES string of the molecule is COc1ccc(C(OCCC(O)CCCCCNC(=O)O[C@@H]2CC[C@]3(C)C(=CCC4C3CC[C@]3(C)C4CC[C@H]3[C@@H](C)CCCC(C)C)C2)(c2ccccc2)c2ccc(OC)cc2)cc1. The number of alkyl carbamates (subject to hydrolysis) is 1. The van der Waals surface area contributed by atoms with E-state index < -0.39 is 11.7 Å². The summed E-state index contributed by atoms with van der Waals surface area (Å²) in [5, 5.41) is 14.1. The van der Waals surface area contributed by atoms with Crippen LogP contribution in [-0.2, 0) is 15.1 Å². The minimum Gasteiger partial charge on any atom is -0.497 e. The van der Waals surface area contributed by atoms with Crippen LogP contribution in [-0.4, -0.2) is 50.8 Å². The zero-order valence-corrected chi connectivity index (χ0v) is 40.4. The van der Waals surface area contributed by atoms with Crippen LogP contribution >= 0.6 is 0 Å². The van der Waals surface area contributed by atoms with Gasteiger partial charge in [-0.2, -0.15) is 0 Å². The highest BCUT2D eigenvalue weighted by Gasteiger charge is 2.59. The van der Waals surface area contributed by atoms with Gasteiger partial charge in [0, 0.05) is 13.0 Å². The summed E-state index contributed by atoms with van der Waals surface area (Å²) in [6.07, 6.45) is 19.5. The van der Waals surface area contributed by atoms with Crippen molar-refractivity contribution < 1.29 is 28.8 Å². The Kier molecular flexibility index (Phi) is 16.3. The van der Waals surface area contributed by atoms with Crippen LogP contribution in [0.3, 0.4) is 0 Å². The molecule has 4 aliphatic carbocycles. The maximum Gasteiger partial charge on any atom is 0.407 e. The van der Waals surface area contributed by atoms with Crippen molar-refractivity contribution in [3.05, 3.63) is 107 Å². The van der Waals surface area contributed by atoms with Crippen molar-refractivity contribution in [3.63, 3.8) is 0 Å². The van der Waals surface area contributed by atoms with Crippen molar-refractivity contribution in [2.45, 2.75) is 155 Å². The van der Waals surface area contributed by atoms with Crippen LogP contribution in [0.2, 0.25) is 0 Å². The van der Waals surface area contributed by atoms with E-state index in [0.717, 1.165) is 102 Å². The summed E-state index contributed by atoms with van der Waals surface area (Å²) in [6, 6.07) is 26.3. The number of amides is 1. The lowest BCUT2D eigenvalue weighted by Crippen LogP contribution is -2.51. The molecule has 0 spiro atoms. The molecule has 4 unspecified atom stereocenters. The number of hydrogen-bond donors (Lipinski definition) is 2. The molecule has 7 heteroatoms. The average molecular weight is 876 g/mol. The van der Waals surface area contributed by atoms with Crippen molar-refractivity contribution in [2.24, 2.45) is 46.3 Å². The van der Waals surface area contributed by atoms with Gasteiger partial charge in [-0.05, 0) is 152 Å². The molecule has 4 aliphatic rings. The van der Waals surface area contributed by atoms with E-state index in [4.69, 9.17) is 18.9 Å². The summed E-state index contributed by atoms with van der Waals surface area (Å²) in [5.41, 5.74) is 4.34. The normalized spacial score (nSPS) is 27.4. The number of ether oxygens (including phenoxy) is 4. The highest BCUT2D eigenvalue weighted by atomic mass is 16.6. The molecule has 9 atom stereocenters. The van der Waals surface area contributed by atoms with Crippen LogP contribution in [0, 0.1) is 46.3 Å². The average Bonchev–Trinajstić information content (AvgIpc) is 3.67. The Balaban J connectivity index is 0.841. The van der Waals surface area contributed by atoms with E-state index in [-0.39, 0.29) is 17.6 Å². The summed E-state index contributed by atoms with van der Waals surface area (Å²) >= 11 is 0. The predicted octanol–water partition coefficient (Wildman–Crippen LogP) is 13.5. The zero-order chi connectivity index (χ0) is 45.3. The molecule has 3 aromatic carbocycles. The zero-order valence-electron chi connectivity index (χ0n) is 40.4. The molecule has 0 heterocycles. The first-order valence-electron chi connectivity index (χ1n) is 25.2. The van der Waals surface area contributed by atoms with Crippen molar-refractivity contribution in [1.82, 2.24) is 5.32 Å². The van der Waals surface area contributed by atoms with Gasteiger partial charge in [0.25, 0.3) is 0 Å². The third-order valence-corrected chi connectivity index (χ3v) is 17.0. The molecule has 7 nitrogen and oxygen atoms in total. The quantitative estimate of drug-likeness (QED) is 0.0630. The molecular formula is C57H81NO6. The summed E-state index contributed by atoms with van der Waals surface area (Å²) in [4.78, 5) is 13.0. The van der Waals surface area contributed by atoms with E-state index in [1.54, 1.807) is 19.8 Å². The number of aliphatic hydroxyl groups excluding tert-OH is 1. The number of fused-ring (bicyclic) bond motifs is 5. The van der Waals surface area contributed by atoms with Crippen LogP contribution in [0.15, 0.2) is 90.5 Å². The Morgan fingerprint density at radius 3 is 2.08 bits per heavy atom. The minimum absolute atomic E-state index is 0.0419. The second-order valence-electron chi connectivity index (χ2n) is 21.1. The third-order valence-electron chi connectivity index (χ3n) is 17.0. The Bertz CT molecular complexity index is 1900. The van der Waals surface area contributed by atoms with Crippen LogP contribution in [0.25, 0.3) is 0 Å². The number of carbonyl (C=O) groups is 1. The minimum atomic E-state index is -0.906. The van der Waals surface area contributed by atoms with E-state index >= 15 is 0 Å². The topological polar surface area (TPSA) is 86.2 Å². The Labute approximate surface area is 386 Å². The molecule has 350 valence electrons. The number of benzene rings is 3. The lowest BCUT2D eigenvalue weighted by molar-refractivity contribution is -0.0581. The number of carbonyl (C=O) groups excluding carboxylic acids is 1. The largest absolute Gasteiger partial charge is 0.497 e. The van der Waals surface area contributed by atoms with Crippen LogP contribution in [0.5, 0.6) is 11.5 Å². The van der Waals surface area contributed by atoms with Gasteiger partial charge in [-0.15, -0.1) is 0 Å². The second kappa shape index (κ2) is 21.7. The smallest absolute Gasteiger partial charge is 0.407 e. The highest BCUT2D eigenvalue weighted by Crippen LogP contribution is 2.67. The monoisotopic (exact) mass is 876 g/mol. The molecule has 64 heavy (non-hydrogen) atoms. The molecule has 3 aromatic rings. The predicted molar refractivity (Wildman–Crippen MR) is 259 cm³/mol. The molecule has 3 saturated carbocycles. The standard InChI is InChI=1S/C57H81NO6/c1-40(2)15-14-16-41(3)51-30-31-52-50-29-24-45-39-49(32-35-55(45,4)53(50)33-36-56(51,52)5)64-54(60)58-37-13-9-12-19-46(59)34-38-63-57(42-17-10-8-11-18-42,43-20-25-47(61-6)26-21-43)44-22-27-48(62-7)28-23-44/h8,10-11,17-18,20-28,40-41,46,49-53,59H,9,12-16,19,29-39H2,1-7H3,(H,58,60)/t41-,46?,49+,50?,51-,52?,53?,55+,56-/m0/s1. The van der Waals surface area contributed by atoms with E-state index in [1.165, 1.54) is 51.4 Å². The maximum absolute atomic E-state index is 13.0. The first-order chi connectivity index (χ1) is 30.9. The fourth-order valence-electron chi connectivity index (χ4n) is 13.4. The fourth-order valence-corrected chi connectivity index (χ4v) is 13.4. The van der Waals surface area contributed by atoms with Crippen molar-refractivity contribution >= 4 is 6.09 Å². The van der Waals surface area contributed by atoms with Gasteiger partial charge in [-0.3, -0.25) is 0 Å². The molecule has 3 fully saturated rings. The molecule has 0 aromatic heterocycles. The van der Waals surface area contributed by atoms with Gasteiger partial charge < -0.3 is 29.4 Å². The number of rotatable bonds is 21. The molecule has 2 N–H and O–H groups in total. The third kappa shape index (κ3) is 10.6. The van der Waals surface area contributed by atoms with Gasteiger partial charge in [0.15, 0.2) is 0 Å². The number of nitrogens with one attached hydrogen (secondary N) is 1. The summed E-state index contributed by atoms with van der Waals surface area (Å²) in [6.45, 7) is 13.5. The molecule has 0 aliphatic heterocycles. The lowest BCUT2D eigenvalue weighted by atomic mass is 9.47. The second-order valence-corrected chi connectivity index (χ2v) is 21.1. The molecular weight excluding hydrogens is 795 g/mol. The first kappa shape index (κ1) is 48.1. The van der Waals surface area contributed by atoms with Gasteiger partial charge in [-0.25, -0.2) is 4.79 Å². The number of methoxy groups -OCH3 is 2. The summed E-state index contributed by atoms with van der Waals surface area (Å²) in [7, 11) is 3.34. The van der Waals surface area contributed by atoms with Gasteiger partial charge in [0.05, 0.1) is 26.9 Å². The lowest BCUT2D eigenvalue weighted by Gasteiger charge is -2.58. The molecule has 1 amide bonds. The molecule has 0 radical (unpaired) electrons. The van der Waals surface area contributed by atoms with Gasteiger partial charge in [0.2, 0.25) is 0 Å². The van der Waals surface area contributed by atoms with Gasteiger partial charge >= 0.3 is 6.09 Å². The van der Waals surface area contributed by atoms with E-state index in [1.807, 2.05) is 66.7 Å². The Morgan fingerprint density at radius 1 is 0.750 bits per heavy atom. The Morgan fingerprint density at radius 2 is 1.42 bits per heavy atom. The van der Waals surface area contributed by atoms with E-state index in [0.29, 0.717) is 31.4 Å². The summed E-state index contributed by atoms with van der Waals surface area (Å²) in [5.74, 6) is 6.51. The fraction of sp³-hybridized carbons (Fsp3) is 0.632. The number of hydrogen-bond acceptors (Lipinski definition) is 6. The van der Waals surface area contributed by atoms with Gasteiger partial charge in [0.1, 0.15) is 23.2 Å². The van der Waals surface area contributed by atoms with Crippen LogP contribution in [0.1, 0.15) is 154 Å². The van der Waals surface area contributed by atoms with Crippen LogP contribution in [0.4, 0.5) is 4.79 Å². The number of aliphatic hydroxyl groups is 1. The van der Waals surface area contributed by atoms with Crippen molar-refractivity contribution in [1.29, 1.82) is 0 Å². The van der Waals surface area contributed by atoms with Crippen LogP contribution < -0.4 is 14.8 Å². The van der Waals surface area contributed by atoms with E-state index in [2.05, 4.69) is 58.1 Å². The molecule has 0 saturated heterocycles. The number of allylic oxidation sites excluding steroid dienone is 1. The van der Waals surface area contributed by atoms with Crippen molar-refractivity contribution in [2.75, 3.05) is 27.4 Å². The Hall–Kier alpha value is -3.81. The van der Waals surface area contributed by atoms with Crippen molar-refractivity contribution in [3.8, 4) is 11.5 Å². The molecule has 7 rings (SSSR count). The number of unbranched alkanes of at least 4 members (excludes halogenated alkanes) is 2. The molecule has 0 bridgehead atoms. The van der Waals surface area contributed by atoms with Gasteiger partial charge in [-0.1, -0.05) is 133 Å².